The minimum atomic E-state index is -0.552. The quantitative estimate of drug-likeness (QED) is 0.521. The normalized spacial score (nSPS) is 10.1. The van der Waals surface area contributed by atoms with E-state index in [1.165, 1.54) is 23.9 Å². The molecule has 6 nitrogen and oxygen atoms in total. The van der Waals surface area contributed by atoms with E-state index < -0.39 is 10.8 Å². The molecule has 0 unspecified atom stereocenters. The van der Waals surface area contributed by atoms with Crippen LogP contribution in [-0.4, -0.2) is 22.1 Å². The molecule has 1 N–H and O–H groups in total. The van der Waals surface area contributed by atoms with Gasteiger partial charge < -0.3 is 5.32 Å². The van der Waals surface area contributed by atoms with Gasteiger partial charge in [-0.3, -0.25) is 19.9 Å². The number of hydrogen-bond donors (Lipinski definition) is 1. The molecule has 0 aliphatic heterocycles. The summed E-state index contributed by atoms with van der Waals surface area (Å²) in [5.74, 6) is -0.471. The number of nitro benzene ring substituents is 1. The highest BCUT2D eigenvalue weighted by molar-refractivity contribution is 7.98. The Bertz CT molecular complexity index is 662. The van der Waals surface area contributed by atoms with Crippen molar-refractivity contribution in [3.05, 3.63) is 64.0 Å². The molecular formula is C14H13N3O3S. The lowest BCUT2D eigenvalue weighted by molar-refractivity contribution is -0.385. The molecule has 0 fully saturated rings. The van der Waals surface area contributed by atoms with E-state index in [1.807, 2.05) is 12.3 Å². The second kappa shape index (κ2) is 6.85. The predicted molar refractivity (Wildman–Crippen MR) is 80.3 cm³/mol. The highest BCUT2D eigenvalue weighted by atomic mass is 32.2. The Morgan fingerprint density at radius 2 is 2.24 bits per heavy atom. The molecule has 0 spiro atoms. The topological polar surface area (TPSA) is 85.1 Å². The lowest BCUT2D eigenvalue weighted by atomic mass is 10.1. The third kappa shape index (κ3) is 3.79. The average Bonchev–Trinajstić information content (AvgIpc) is 2.52. The molecular weight excluding hydrogens is 290 g/mol. The fourth-order valence-electron chi connectivity index (χ4n) is 1.76. The molecule has 108 valence electrons. The van der Waals surface area contributed by atoms with Crippen LogP contribution in [0.5, 0.6) is 0 Å². The maximum Gasteiger partial charge on any atom is 0.282 e. The van der Waals surface area contributed by atoms with Gasteiger partial charge in [-0.2, -0.15) is 0 Å². The molecule has 1 aromatic heterocycles. The van der Waals surface area contributed by atoms with E-state index in [9.17, 15) is 14.9 Å². The van der Waals surface area contributed by atoms with Crippen LogP contribution in [0.25, 0.3) is 0 Å². The number of nitrogens with one attached hydrogen (secondary N) is 1. The second-order valence-electron chi connectivity index (χ2n) is 4.18. The number of amides is 1. The van der Waals surface area contributed by atoms with Crippen LogP contribution in [0.4, 0.5) is 5.69 Å². The van der Waals surface area contributed by atoms with Gasteiger partial charge in [0.05, 0.1) is 4.92 Å². The molecule has 21 heavy (non-hydrogen) atoms. The van der Waals surface area contributed by atoms with Crippen molar-refractivity contribution >= 4 is 23.4 Å². The van der Waals surface area contributed by atoms with Crippen LogP contribution in [0.2, 0.25) is 0 Å². The first kappa shape index (κ1) is 15.0. The van der Waals surface area contributed by atoms with E-state index in [2.05, 4.69) is 10.3 Å². The molecule has 0 aliphatic rings. The van der Waals surface area contributed by atoms with Crippen LogP contribution < -0.4 is 5.32 Å². The van der Waals surface area contributed by atoms with E-state index >= 15 is 0 Å². The van der Waals surface area contributed by atoms with Gasteiger partial charge in [-0.15, -0.1) is 11.8 Å². The number of rotatable bonds is 5. The predicted octanol–water partition coefficient (Wildman–Crippen LogP) is 2.64. The van der Waals surface area contributed by atoms with Crippen LogP contribution in [0, 0.1) is 10.1 Å². The van der Waals surface area contributed by atoms with Crippen molar-refractivity contribution < 1.29 is 9.72 Å². The standard InChI is InChI=1S/C14H13N3O3S/c1-21-11-4-5-13(17(19)20)12(7-11)14(18)16-9-10-3-2-6-15-8-10/h2-8H,9H2,1H3,(H,16,18). The summed E-state index contributed by atoms with van der Waals surface area (Å²) in [6, 6.07) is 8.09. The third-order valence-electron chi connectivity index (χ3n) is 2.82. The first-order valence-corrected chi connectivity index (χ1v) is 7.34. The maximum atomic E-state index is 12.2. The van der Waals surface area contributed by atoms with Crippen molar-refractivity contribution in [2.24, 2.45) is 0 Å². The van der Waals surface area contributed by atoms with Crippen LogP contribution >= 0.6 is 11.8 Å². The number of nitrogens with zero attached hydrogens (tertiary/aromatic N) is 2. The average molecular weight is 303 g/mol. The summed E-state index contributed by atoms with van der Waals surface area (Å²) in [5.41, 5.74) is 0.696. The molecule has 2 rings (SSSR count). The second-order valence-corrected chi connectivity index (χ2v) is 5.06. The van der Waals surface area contributed by atoms with Gasteiger partial charge in [0, 0.05) is 29.9 Å². The molecule has 0 saturated heterocycles. The number of thioether (sulfide) groups is 1. The van der Waals surface area contributed by atoms with Crippen molar-refractivity contribution in [1.29, 1.82) is 0 Å². The van der Waals surface area contributed by atoms with E-state index in [0.29, 0.717) is 0 Å². The van der Waals surface area contributed by atoms with E-state index in [-0.39, 0.29) is 17.8 Å². The van der Waals surface area contributed by atoms with Gasteiger partial charge in [0.15, 0.2) is 0 Å². The Hall–Kier alpha value is -2.41. The van der Waals surface area contributed by atoms with Gasteiger partial charge in [0.1, 0.15) is 5.56 Å². The smallest absolute Gasteiger partial charge is 0.282 e. The Balaban J connectivity index is 2.19. The minimum absolute atomic E-state index is 0.0655. The summed E-state index contributed by atoms with van der Waals surface area (Å²) in [4.78, 5) is 27.4. The molecule has 1 amide bonds. The molecule has 0 bridgehead atoms. The number of carbonyl (C=O) groups excluding carboxylic acids is 1. The zero-order chi connectivity index (χ0) is 15.2. The van der Waals surface area contributed by atoms with Crippen LogP contribution in [0.3, 0.4) is 0 Å². The van der Waals surface area contributed by atoms with Crippen molar-refractivity contribution in [2.75, 3.05) is 6.26 Å². The molecule has 2 aromatic rings. The molecule has 7 heteroatoms. The summed E-state index contributed by atoms with van der Waals surface area (Å²) in [5, 5.41) is 13.7. The number of hydrogen-bond acceptors (Lipinski definition) is 5. The Morgan fingerprint density at radius 3 is 2.86 bits per heavy atom. The summed E-state index contributed by atoms with van der Waals surface area (Å²) in [7, 11) is 0. The SMILES string of the molecule is CSc1ccc([N+](=O)[O-])c(C(=O)NCc2cccnc2)c1. The van der Waals surface area contributed by atoms with Crippen molar-refractivity contribution in [3.63, 3.8) is 0 Å². The van der Waals surface area contributed by atoms with Gasteiger partial charge in [-0.25, -0.2) is 0 Å². The van der Waals surface area contributed by atoms with Gasteiger partial charge >= 0.3 is 0 Å². The fourth-order valence-corrected chi connectivity index (χ4v) is 2.20. The summed E-state index contributed by atoms with van der Waals surface area (Å²) >= 11 is 1.42. The van der Waals surface area contributed by atoms with Gasteiger partial charge in [-0.05, 0) is 30.0 Å². The fraction of sp³-hybridized carbons (Fsp3) is 0.143. The lowest BCUT2D eigenvalue weighted by Crippen LogP contribution is -2.23. The largest absolute Gasteiger partial charge is 0.348 e. The van der Waals surface area contributed by atoms with Crippen LogP contribution in [0.1, 0.15) is 15.9 Å². The van der Waals surface area contributed by atoms with Crippen LogP contribution in [0.15, 0.2) is 47.6 Å². The first-order chi connectivity index (χ1) is 10.1. The molecule has 1 heterocycles. The van der Waals surface area contributed by atoms with Gasteiger partial charge in [0.25, 0.3) is 11.6 Å². The number of benzene rings is 1. The lowest BCUT2D eigenvalue weighted by Gasteiger charge is -2.07. The van der Waals surface area contributed by atoms with Crippen LogP contribution in [-0.2, 0) is 6.54 Å². The molecule has 1 aromatic carbocycles. The zero-order valence-corrected chi connectivity index (χ0v) is 12.1. The maximum absolute atomic E-state index is 12.2. The molecule has 0 aliphatic carbocycles. The van der Waals surface area contributed by atoms with Crippen molar-refractivity contribution in [2.45, 2.75) is 11.4 Å². The number of carbonyl (C=O) groups is 1. The summed E-state index contributed by atoms with van der Waals surface area (Å²) < 4.78 is 0. The molecule has 0 saturated carbocycles. The number of aromatic nitrogens is 1. The Labute approximate surface area is 125 Å². The number of nitro groups is 1. The summed E-state index contributed by atoms with van der Waals surface area (Å²) in [6.07, 6.45) is 5.11. The summed E-state index contributed by atoms with van der Waals surface area (Å²) in [6.45, 7) is 0.271. The monoisotopic (exact) mass is 303 g/mol. The number of pyridine rings is 1. The highest BCUT2D eigenvalue weighted by Crippen LogP contribution is 2.24. The van der Waals surface area contributed by atoms with E-state index in [0.717, 1.165) is 10.5 Å². The first-order valence-electron chi connectivity index (χ1n) is 6.11. The third-order valence-corrected chi connectivity index (χ3v) is 3.55. The van der Waals surface area contributed by atoms with Gasteiger partial charge in [0.2, 0.25) is 0 Å². The Morgan fingerprint density at radius 1 is 1.43 bits per heavy atom. The van der Waals surface area contributed by atoms with Crippen molar-refractivity contribution in [1.82, 2.24) is 10.3 Å². The highest BCUT2D eigenvalue weighted by Gasteiger charge is 2.20. The zero-order valence-electron chi connectivity index (χ0n) is 11.3. The Kier molecular flexibility index (Phi) is 4.89. The minimum Gasteiger partial charge on any atom is -0.348 e. The van der Waals surface area contributed by atoms with Gasteiger partial charge in [-0.1, -0.05) is 6.07 Å². The molecule has 0 atom stereocenters. The molecule has 0 radical (unpaired) electrons. The van der Waals surface area contributed by atoms with Crippen molar-refractivity contribution in [3.8, 4) is 0 Å². The van der Waals surface area contributed by atoms with E-state index in [1.54, 1.807) is 24.5 Å². The van der Waals surface area contributed by atoms with E-state index in [4.69, 9.17) is 0 Å².